The maximum atomic E-state index is 10.6. The number of nitrogens with one attached hydrogen (secondary N) is 1. The molecule has 14 heavy (non-hydrogen) atoms. The van der Waals surface area contributed by atoms with Crippen LogP contribution in [0.1, 0.15) is 13.8 Å². The number of carbonyl (C=O) groups is 2. The Bertz CT molecular complexity index is 194. The highest BCUT2D eigenvalue weighted by molar-refractivity contribution is 5.67. The summed E-state index contributed by atoms with van der Waals surface area (Å²) in [4.78, 5) is 25.9. The van der Waals surface area contributed by atoms with Gasteiger partial charge in [0, 0.05) is 20.9 Å². The van der Waals surface area contributed by atoms with Gasteiger partial charge >= 0.3 is 11.9 Å². The van der Waals surface area contributed by atoms with Crippen LogP contribution in [0, 0.1) is 0 Å². The molecule has 0 amide bonds. The maximum Gasteiger partial charge on any atom is 0.303 e. The fourth-order valence-electron chi connectivity index (χ4n) is 0.737. The Kier molecular flexibility index (Phi) is 6.69. The van der Waals surface area contributed by atoms with Crippen LogP contribution in [0.3, 0.4) is 0 Å². The highest BCUT2D eigenvalue weighted by atomic mass is 16.7. The Morgan fingerprint density at radius 1 is 1.21 bits per heavy atom. The van der Waals surface area contributed by atoms with E-state index in [9.17, 15) is 9.59 Å². The number of rotatable bonds is 6. The van der Waals surface area contributed by atoms with Crippen molar-refractivity contribution in [1.29, 1.82) is 0 Å². The van der Waals surface area contributed by atoms with Crippen LogP contribution >= 0.6 is 0 Å². The van der Waals surface area contributed by atoms with Gasteiger partial charge in [-0.15, -0.1) is 0 Å². The van der Waals surface area contributed by atoms with Crippen LogP contribution in [-0.2, 0) is 23.9 Å². The Morgan fingerprint density at radius 2 is 1.86 bits per heavy atom. The molecule has 0 saturated carbocycles. The summed E-state index contributed by atoms with van der Waals surface area (Å²) >= 11 is 0. The van der Waals surface area contributed by atoms with Crippen molar-refractivity contribution in [2.45, 2.75) is 20.0 Å². The van der Waals surface area contributed by atoms with Crippen molar-refractivity contribution in [3.63, 3.8) is 0 Å². The Balaban J connectivity index is 3.83. The van der Waals surface area contributed by atoms with E-state index in [1.807, 2.05) is 0 Å². The molecule has 1 unspecified atom stereocenters. The number of hydrogen-bond acceptors (Lipinski definition) is 6. The van der Waals surface area contributed by atoms with Crippen LogP contribution in [-0.4, -0.2) is 38.3 Å². The molecule has 0 radical (unpaired) electrons. The van der Waals surface area contributed by atoms with Crippen LogP contribution in [0.15, 0.2) is 0 Å². The van der Waals surface area contributed by atoms with E-state index < -0.39 is 18.0 Å². The van der Waals surface area contributed by atoms with Gasteiger partial charge in [0.15, 0.2) is 6.10 Å². The molecule has 6 nitrogen and oxygen atoms in total. The van der Waals surface area contributed by atoms with Crippen LogP contribution in [0.4, 0.5) is 0 Å². The average molecular weight is 205 g/mol. The molecule has 0 aliphatic carbocycles. The maximum absolute atomic E-state index is 10.6. The second kappa shape index (κ2) is 7.28. The van der Waals surface area contributed by atoms with Gasteiger partial charge in [0.05, 0.1) is 0 Å². The van der Waals surface area contributed by atoms with Crippen LogP contribution in [0.2, 0.25) is 0 Å². The van der Waals surface area contributed by atoms with E-state index in [4.69, 9.17) is 9.57 Å². The van der Waals surface area contributed by atoms with Gasteiger partial charge in [0.25, 0.3) is 0 Å². The van der Waals surface area contributed by atoms with Crippen molar-refractivity contribution >= 4 is 11.9 Å². The van der Waals surface area contributed by atoms with Gasteiger partial charge in [0.1, 0.15) is 13.2 Å². The molecule has 0 fully saturated rings. The van der Waals surface area contributed by atoms with E-state index in [-0.39, 0.29) is 13.2 Å². The molecule has 1 N–H and O–H groups in total. The van der Waals surface area contributed by atoms with Crippen molar-refractivity contribution in [2.75, 3.05) is 20.3 Å². The normalized spacial score (nSPS) is 11.9. The molecule has 0 aromatic rings. The molecule has 1 atom stereocenters. The van der Waals surface area contributed by atoms with Crippen molar-refractivity contribution in [2.24, 2.45) is 0 Å². The lowest BCUT2D eigenvalue weighted by atomic mass is 10.4. The van der Waals surface area contributed by atoms with E-state index in [1.165, 1.54) is 13.8 Å². The first-order valence-electron chi connectivity index (χ1n) is 4.15. The lowest BCUT2D eigenvalue weighted by molar-refractivity contribution is -0.161. The second-order valence-electron chi connectivity index (χ2n) is 2.55. The molecule has 0 rings (SSSR count). The quantitative estimate of drug-likeness (QED) is 0.471. The van der Waals surface area contributed by atoms with Crippen LogP contribution in [0.25, 0.3) is 0 Å². The van der Waals surface area contributed by atoms with Crippen molar-refractivity contribution in [3.8, 4) is 0 Å². The molecular formula is C8H15NO5. The number of carbonyl (C=O) groups excluding carboxylic acids is 2. The van der Waals surface area contributed by atoms with E-state index >= 15 is 0 Å². The SMILES string of the molecule is CNOCC(COC(C)=O)OC(C)=O. The molecular weight excluding hydrogens is 190 g/mol. The summed E-state index contributed by atoms with van der Waals surface area (Å²) in [6.45, 7) is 2.68. The summed E-state index contributed by atoms with van der Waals surface area (Å²) in [7, 11) is 1.58. The Morgan fingerprint density at radius 3 is 2.29 bits per heavy atom. The summed E-state index contributed by atoms with van der Waals surface area (Å²) in [6.07, 6.45) is -0.580. The largest absolute Gasteiger partial charge is 0.462 e. The monoisotopic (exact) mass is 205 g/mol. The van der Waals surface area contributed by atoms with E-state index in [2.05, 4.69) is 10.2 Å². The zero-order valence-electron chi connectivity index (χ0n) is 8.53. The molecule has 0 aliphatic rings. The third kappa shape index (κ3) is 7.51. The predicted octanol–water partition coefficient (Wildman–Crippen LogP) is -0.368. The Hall–Kier alpha value is -1.14. The molecule has 0 heterocycles. The fraction of sp³-hybridized carbons (Fsp3) is 0.750. The van der Waals surface area contributed by atoms with Gasteiger partial charge in [-0.05, 0) is 0 Å². The molecule has 6 heteroatoms. The molecule has 0 aromatic carbocycles. The summed E-state index contributed by atoms with van der Waals surface area (Å²) in [5, 5.41) is 0. The smallest absolute Gasteiger partial charge is 0.303 e. The molecule has 0 bridgehead atoms. The zero-order valence-corrected chi connectivity index (χ0v) is 8.53. The molecule has 0 saturated heterocycles. The lowest BCUT2D eigenvalue weighted by Gasteiger charge is -2.15. The average Bonchev–Trinajstić information content (AvgIpc) is 2.09. The summed E-state index contributed by atoms with van der Waals surface area (Å²) in [5.41, 5.74) is 2.43. The number of ether oxygens (including phenoxy) is 2. The fourth-order valence-corrected chi connectivity index (χ4v) is 0.737. The van der Waals surface area contributed by atoms with Gasteiger partial charge in [-0.2, -0.15) is 0 Å². The Labute approximate surface area is 82.5 Å². The van der Waals surface area contributed by atoms with Crippen LogP contribution < -0.4 is 5.48 Å². The number of esters is 2. The van der Waals surface area contributed by atoms with Crippen molar-refractivity contribution < 1.29 is 23.9 Å². The molecule has 0 aliphatic heterocycles. The molecule has 0 spiro atoms. The van der Waals surface area contributed by atoms with Crippen LogP contribution in [0.5, 0.6) is 0 Å². The highest BCUT2D eigenvalue weighted by Gasteiger charge is 2.13. The predicted molar refractivity (Wildman–Crippen MR) is 47.2 cm³/mol. The number of hydrogen-bond donors (Lipinski definition) is 1. The minimum Gasteiger partial charge on any atom is -0.462 e. The summed E-state index contributed by atoms with van der Waals surface area (Å²) in [6, 6.07) is 0. The first kappa shape index (κ1) is 12.9. The first-order chi connectivity index (χ1) is 6.56. The molecule has 82 valence electrons. The van der Waals surface area contributed by atoms with Crippen molar-refractivity contribution in [1.82, 2.24) is 5.48 Å². The van der Waals surface area contributed by atoms with E-state index in [1.54, 1.807) is 7.05 Å². The van der Waals surface area contributed by atoms with Gasteiger partial charge < -0.3 is 9.47 Å². The van der Waals surface area contributed by atoms with Crippen molar-refractivity contribution in [3.05, 3.63) is 0 Å². The number of hydroxylamine groups is 1. The highest BCUT2D eigenvalue weighted by Crippen LogP contribution is 1.95. The first-order valence-corrected chi connectivity index (χ1v) is 4.15. The third-order valence-corrected chi connectivity index (χ3v) is 1.22. The summed E-state index contributed by atoms with van der Waals surface area (Å²) < 4.78 is 9.50. The van der Waals surface area contributed by atoms with E-state index in [0.29, 0.717) is 0 Å². The van der Waals surface area contributed by atoms with Gasteiger partial charge in [-0.25, -0.2) is 5.48 Å². The second-order valence-corrected chi connectivity index (χ2v) is 2.55. The topological polar surface area (TPSA) is 73.9 Å². The minimum atomic E-state index is -0.580. The van der Waals surface area contributed by atoms with E-state index in [0.717, 1.165) is 0 Å². The molecule has 0 aromatic heterocycles. The standard InChI is InChI=1S/C8H15NO5/c1-6(10)12-4-8(5-13-9-3)14-7(2)11/h8-9H,4-5H2,1-3H3. The minimum absolute atomic E-state index is 0.00338. The van der Waals surface area contributed by atoms with Gasteiger partial charge in [0.2, 0.25) is 0 Å². The van der Waals surface area contributed by atoms with Gasteiger partial charge in [-0.1, -0.05) is 0 Å². The third-order valence-electron chi connectivity index (χ3n) is 1.22. The summed E-state index contributed by atoms with van der Waals surface area (Å²) in [5.74, 6) is -0.867. The lowest BCUT2D eigenvalue weighted by Crippen LogP contribution is -2.30. The van der Waals surface area contributed by atoms with Gasteiger partial charge in [-0.3, -0.25) is 14.4 Å². The zero-order chi connectivity index (χ0) is 11.0.